The molecule has 3 heterocycles. The predicted molar refractivity (Wildman–Crippen MR) is 122 cm³/mol. The predicted octanol–water partition coefficient (Wildman–Crippen LogP) is 0.694. The van der Waals surface area contributed by atoms with Gasteiger partial charge < -0.3 is 34.7 Å². The number of carbonyl (C=O) groups excluding carboxylic acids is 1. The van der Waals surface area contributed by atoms with Gasteiger partial charge in [-0.3, -0.25) is 13.8 Å². The number of carboxylic acids is 1. The summed E-state index contributed by atoms with van der Waals surface area (Å²) in [7, 11) is 1.63. The highest BCUT2D eigenvalue weighted by atomic mass is 32.2. The van der Waals surface area contributed by atoms with Crippen molar-refractivity contribution >= 4 is 31.5 Å². The van der Waals surface area contributed by atoms with Crippen LogP contribution in [0.3, 0.4) is 0 Å². The lowest BCUT2D eigenvalue weighted by Gasteiger charge is -2.46. The molecule has 3 rings (SSSR count). The highest BCUT2D eigenvalue weighted by Crippen LogP contribution is 2.52. The van der Waals surface area contributed by atoms with Gasteiger partial charge in [0.2, 0.25) is 5.91 Å². The van der Waals surface area contributed by atoms with Crippen molar-refractivity contribution in [1.29, 1.82) is 0 Å². The lowest BCUT2D eigenvalue weighted by Crippen LogP contribution is -2.63. The van der Waals surface area contributed by atoms with E-state index >= 15 is 0 Å². The molecular weight excluding hydrogens is 491 g/mol. The quantitative estimate of drug-likeness (QED) is 0.196. The number of quaternary nitrogens is 1. The molecule has 196 valence electrons. The minimum absolute atomic E-state index is 0. The first-order valence-corrected chi connectivity index (χ1v) is 13.3. The number of nitrogens with zero attached hydrogens (tertiary/aromatic N) is 2. The number of β-lactam (4-membered cyclic amide) rings is 1. The van der Waals surface area contributed by atoms with Crippen molar-refractivity contribution in [3.63, 3.8) is 0 Å². The molecule has 14 heteroatoms. The van der Waals surface area contributed by atoms with Crippen LogP contribution >= 0.6 is 19.6 Å². The van der Waals surface area contributed by atoms with Crippen LogP contribution in [0.4, 0.5) is 0 Å². The molecule has 2 saturated heterocycles. The molecular formula is C20H35N2O10PS. The fourth-order valence-electron chi connectivity index (χ4n) is 4.37. The maximum Gasteiger partial charge on any atom is 0.472 e. The van der Waals surface area contributed by atoms with Crippen molar-refractivity contribution in [2.24, 2.45) is 11.8 Å². The molecule has 1 amide bonds. The largest absolute Gasteiger partial charge is 0.870 e. The Kier molecular flexibility index (Phi) is 9.40. The summed E-state index contributed by atoms with van der Waals surface area (Å²) in [6, 6.07) is -0.364. The van der Waals surface area contributed by atoms with Crippen LogP contribution < -0.4 is 0 Å². The SMILES string of the molecule is CC(O)C1C(=O)N2C(C(=O)O)=C(SC3COC(COP(=O)(O)OCC[N+](C)(C)C)C3)C(C)C12.[OH-]. The Balaban J connectivity index is 0.00000408. The van der Waals surface area contributed by atoms with Crippen molar-refractivity contribution in [3.8, 4) is 0 Å². The second-order valence-electron chi connectivity index (χ2n) is 9.81. The molecule has 7 unspecified atom stereocenters. The van der Waals surface area contributed by atoms with Crippen molar-refractivity contribution in [2.45, 2.75) is 43.8 Å². The van der Waals surface area contributed by atoms with E-state index in [4.69, 9.17) is 13.8 Å². The second-order valence-corrected chi connectivity index (χ2v) is 12.6. The summed E-state index contributed by atoms with van der Waals surface area (Å²) in [6.45, 7) is 4.23. The summed E-state index contributed by atoms with van der Waals surface area (Å²) in [5.41, 5.74) is -0.0235. The molecule has 0 aromatic heterocycles. The zero-order valence-corrected chi connectivity index (χ0v) is 21.7. The highest BCUT2D eigenvalue weighted by Gasteiger charge is 2.60. The van der Waals surface area contributed by atoms with E-state index in [-0.39, 0.29) is 47.5 Å². The topological polar surface area (TPSA) is 173 Å². The second kappa shape index (κ2) is 10.9. The van der Waals surface area contributed by atoms with Gasteiger partial charge in [-0.05, 0) is 13.3 Å². The van der Waals surface area contributed by atoms with E-state index in [1.54, 1.807) is 6.92 Å². The molecule has 0 aromatic carbocycles. The van der Waals surface area contributed by atoms with Gasteiger partial charge in [0.15, 0.2) is 0 Å². The summed E-state index contributed by atoms with van der Waals surface area (Å²) in [6.07, 6.45) is -0.791. The minimum atomic E-state index is -4.20. The number of carboxylic acid groups (broad SMARTS) is 1. The molecule has 2 fully saturated rings. The van der Waals surface area contributed by atoms with Crippen LogP contribution in [0.15, 0.2) is 10.6 Å². The molecule has 3 aliphatic rings. The third-order valence-electron chi connectivity index (χ3n) is 6.09. The first kappa shape index (κ1) is 29.2. The fraction of sp³-hybridized carbons (Fsp3) is 0.800. The molecule has 7 atom stereocenters. The first-order valence-electron chi connectivity index (χ1n) is 10.9. The Morgan fingerprint density at radius 2 is 2.00 bits per heavy atom. The van der Waals surface area contributed by atoms with E-state index in [1.165, 1.54) is 16.7 Å². The van der Waals surface area contributed by atoms with Gasteiger partial charge in [-0.2, -0.15) is 0 Å². The molecule has 3 aliphatic heterocycles. The summed E-state index contributed by atoms with van der Waals surface area (Å²) in [4.78, 5) is 36.1. The Morgan fingerprint density at radius 1 is 1.35 bits per heavy atom. The van der Waals surface area contributed by atoms with Crippen molar-refractivity contribution in [3.05, 3.63) is 10.6 Å². The zero-order chi connectivity index (χ0) is 24.7. The van der Waals surface area contributed by atoms with Crippen LogP contribution in [0.1, 0.15) is 20.3 Å². The van der Waals surface area contributed by atoms with Gasteiger partial charge in [0.05, 0.1) is 58.5 Å². The number of phosphoric ester groups is 1. The van der Waals surface area contributed by atoms with Crippen LogP contribution in [-0.4, -0.2) is 113 Å². The third kappa shape index (κ3) is 6.40. The summed E-state index contributed by atoms with van der Waals surface area (Å²) >= 11 is 1.35. The van der Waals surface area contributed by atoms with Crippen LogP contribution in [-0.2, 0) is 27.9 Å². The third-order valence-corrected chi connectivity index (χ3v) is 8.55. The highest BCUT2D eigenvalue weighted by molar-refractivity contribution is 8.03. The average molecular weight is 527 g/mol. The minimum Gasteiger partial charge on any atom is -0.870 e. The number of thioether (sulfide) groups is 1. The zero-order valence-electron chi connectivity index (χ0n) is 20.0. The van der Waals surface area contributed by atoms with Crippen molar-refractivity contribution in [1.82, 2.24) is 4.90 Å². The maximum atomic E-state index is 12.4. The van der Waals surface area contributed by atoms with Gasteiger partial charge in [-0.15, -0.1) is 11.8 Å². The van der Waals surface area contributed by atoms with Crippen molar-refractivity contribution < 1.29 is 53.0 Å². The average Bonchev–Trinajstić information content (AvgIpc) is 3.21. The molecule has 34 heavy (non-hydrogen) atoms. The van der Waals surface area contributed by atoms with Gasteiger partial charge >= 0.3 is 13.8 Å². The van der Waals surface area contributed by atoms with E-state index < -0.39 is 31.9 Å². The number of aliphatic hydroxyl groups excluding tert-OH is 1. The number of likely N-dealkylation sites (N-methyl/N-ethyl adjacent to an activating group) is 1. The van der Waals surface area contributed by atoms with Crippen LogP contribution in [0.25, 0.3) is 0 Å². The van der Waals surface area contributed by atoms with E-state index in [0.29, 0.717) is 29.0 Å². The van der Waals surface area contributed by atoms with Gasteiger partial charge in [0.1, 0.15) is 18.8 Å². The summed E-state index contributed by atoms with van der Waals surface area (Å²) in [5.74, 6) is -2.37. The molecule has 0 saturated carbocycles. The molecule has 0 radical (unpaired) electrons. The van der Waals surface area contributed by atoms with Gasteiger partial charge in [0.25, 0.3) is 0 Å². The Labute approximate surface area is 203 Å². The van der Waals surface area contributed by atoms with E-state index in [2.05, 4.69) is 0 Å². The number of hydrogen-bond donors (Lipinski definition) is 3. The molecule has 0 bridgehead atoms. The molecule has 0 aromatic rings. The smallest absolute Gasteiger partial charge is 0.472 e. The summed E-state index contributed by atoms with van der Waals surface area (Å²) in [5, 5.41) is 19.6. The Bertz CT molecular complexity index is 861. The number of rotatable bonds is 11. The number of carbonyl (C=O) groups is 2. The number of aliphatic carboxylic acids is 1. The monoisotopic (exact) mass is 526 g/mol. The molecule has 0 spiro atoms. The van der Waals surface area contributed by atoms with E-state index in [0.717, 1.165) is 0 Å². The maximum absolute atomic E-state index is 12.4. The van der Waals surface area contributed by atoms with Crippen molar-refractivity contribution in [2.75, 3.05) is 47.5 Å². The van der Waals surface area contributed by atoms with E-state index in [1.807, 2.05) is 28.1 Å². The number of amides is 1. The normalized spacial score (nSPS) is 31.6. The lowest BCUT2D eigenvalue weighted by atomic mass is 9.79. The Hall–Kier alpha value is -1.02. The number of hydrogen-bond acceptors (Lipinski definition) is 9. The van der Waals surface area contributed by atoms with Gasteiger partial charge in [0, 0.05) is 16.1 Å². The molecule has 4 N–H and O–H groups in total. The first-order chi connectivity index (χ1) is 15.2. The lowest BCUT2D eigenvalue weighted by molar-refractivity contribution is -0.870. The number of aliphatic hydroxyl groups is 1. The van der Waals surface area contributed by atoms with Gasteiger partial charge in [-0.1, -0.05) is 6.92 Å². The summed E-state index contributed by atoms with van der Waals surface area (Å²) < 4.78 is 28.4. The molecule has 12 nitrogen and oxygen atoms in total. The Morgan fingerprint density at radius 3 is 2.56 bits per heavy atom. The van der Waals surface area contributed by atoms with Gasteiger partial charge in [-0.25, -0.2) is 9.36 Å². The number of fused-ring (bicyclic) bond motifs is 1. The standard InChI is InChI=1S/C20H33N2O9PS.H2O/c1-11-16-15(12(2)23)19(24)21(16)17(20(25)26)18(11)33-14-8-13(29-10-14)9-31-32(27,28)30-7-6-22(3,4)5;/h11-16,23H,6-10H2,1-5H3,(H-,25,26,27,28);1H2. The van der Waals surface area contributed by atoms with Crippen LogP contribution in [0.5, 0.6) is 0 Å². The number of ether oxygens (including phenoxy) is 1. The van der Waals surface area contributed by atoms with Crippen LogP contribution in [0.2, 0.25) is 0 Å². The number of phosphoric acid groups is 1. The molecule has 0 aliphatic carbocycles. The van der Waals surface area contributed by atoms with E-state index in [9.17, 15) is 29.3 Å². The van der Waals surface area contributed by atoms with Crippen LogP contribution in [0, 0.1) is 11.8 Å². The fourth-order valence-corrected chi connectivity index (χ4v) is 6.58.